The summed E-state index contributed by atoms with van der Waals surface area (Å²) < 4.78 is 0. The molecule has 0 atom stereocenters. The third-order valence-electron chi connectivity index (χ3n) is 2.92. The molecule has 3 heterocycles. The minimum absolute atomic E-state index is 0. The fourth-order valence-corrected chi connectivity index (χ4v) is 2.14. The molecule has 3 aliphatic heterocycles. The smallest absolute Gasteiger partial charge is 0.182 e. The van der Waals surface area contributed by atoms with Crippen LogP contribution in [0.4, 0.5) is 0 Å². The molecule has 0 aromatic carbocycles. The van der Waals surface area contributed by atoms with E-state index in [1.165, 1.54) is 16.7 Å². The van der Waals surface area contributed by atoms with E-state index in [2.05, 4.69) is 34.3 Å². The third kappa shape index (κ3) is 2.44. The van der Waals surface area contributed by atoms with E-state index in [1.807, 2.05) is 26.1 Å². The zero-order valence-corrected chi connectivity index (χ0v) is 10.5. The molecule has 3 rings (SSSR count). The largest absolute Gasteiger partial charge is 0.361 e. The van der Waals surface area contributed by atoms with Crippen molar-refractivity contribution in [2.45, 2.75) is 20.3 Å². The average Bonchev–Trinajstić information content (AvgIpc) is 2.86. The number of fused-ring (bicyclic) bond motifs is 1. The fourth-order valence-electron chi connectivity index (χ4n) is 2.14. The van der Waals surface area contributed by atoms with Gasteiger partial charge in [-0.05, 0) is 30.8 Å². The molecule has 0 fully saturated rings. The molecule has 3 N–H and O–H groups in total. The normalized spacial score (nSPS) is 22.1. The van der Waals surface area contributed by atoms with Gasteiger partial charge in [-0.15, -0.1) is 0 Å². The van der Waals surface area contributed by atoms with Crippen molar-refractivity contribution in [1.29, 1.82) is 0 Å². The molecular weight excluding hydrogens is 210 g/mol. The van der Waals surface area contributed by atoms with Crippen LogP contribution in [-0.2, 0) is 0 Å². The molecule has 1 radical (unpaired) electrons. The second kappa shape index (κ2) is 5.73. The third-order valence-corrected chi connectivity index (χ3v) is 2.92. The summed E-state index contributed by atoms with van der Waals surface area (Å²) in [4.78, 5) is 0. The van der Waals surface area contributed by atoms with E-state index >= 15 is 0 Å². The van der Waals surface area contributed by atoms with E-state index in [4.69, 9.17) is 0 Å². The Bertz CT molecular complexity index is 397. The molecule has 0 saturated heterocycles. The topological polar surface area (TPSA) is 36.1 Å². The van der Waals surface area contributed by atoms with Crippen molar-refractivity contribution >= 4 is 0 Å². The Hall–Kier alpha value is -1.48. The highest BCUT2D eigenvalue weighted by Gasteiger charge is 2.26. The monoisotopic (exact) mass is 234 g/mol. The van der Waals surface area contributed by atoms with Gasteiger partial charge in [0.2, 0.25) is 0 Å². The van der Waals surface area contributed by atoms with Crippen LogP contribution in [0.3, 0.4) is 0 Å². The van der Waals surface area contributed by atoms with E-state index in [0.717, 1.165) is 25.7 Å². The zero-order valence-electron chi connectivity index (χ0n) is 10.5. The number of dihydropyridines is 1. The quantitative estimate of drug-likeness (QED) is 0.652. The van der Waals surface area contributed by atoms with E-state index < -0.39 is 0 Å². The van der Waals surface area contributed by atoms with Crippen LogP contribution >= 0.6 is 0 Å². The highest BCUT2D eigenvalue weighted by molar-refractivity contribution is 5.59. The van der Waals surface area contributed by atoms with Crippen LogP contribution in [0.1, 0.15) is 23.1 Å². The summed E-state index contributed by atoms with van der Waals surface area (Å²) in [6, 6.07) is 0. The lowest BCUT2D eigenvalue weighted by Gasteiger charge is -2.19. The minimum atomic E-state index is 0. The molecule has 0 saturated carbocycles. The summed E-state index contributed by atoms with van der Waals surface area (Å²) in [6.45, 7) is 6.06. The van der Waals surface area contributed by atoms with Gasteiger partial charge in [0.05, 0.1) is 0 Å². The highest BCUT2D eigenvalue weighted by atomic mass is 15.1. The minimum Gasteiger partial charge on any atom is -0.361 e. The van der Waals surface area contributed by atoms with Gasteiger partial charge < -0.3 is 16.0 Å². The second-order valence-corrected chi connectivity index (χ2v) is 3.84. The molecule has 95 valence electrons. The van der Waals surface area contributed by atoms with Crippen LogP contribution in [0, 0.1) is 6.17 Å². The van der Waals surface area contributed by atoms with Crippen molar-refractivity contribution in [3.05, 3.63) is 53.5 Å². The summed E-state index contributed by atoms with van der Waals surface area (Å²) in [5.74, 6) is 0. The molecule has 0 unspecified atom stereocenters. The summed E-state index contributed by atoms with van der Waals surface area (Å²) in [5.41, 5.74) is 4.06. The zero-order chi connectivity index (χ0) is 12.1. The van der Waals surface area contributed by atoms with Crippen LogP contribution in [0.2, 0.25) is 0 Å². The van der Waals surface area contributed by atoms with Gasteiger partial charge in [0.25, 0.3) is 0 Å². The van der Waals surface area contributed by atoms with Crippen molar-refractivity contribution in [1.82, 2.24) is 16.0 Å². The van der Waals surface area contributed by atoms with Gasteiger partial charge in [-0.2, -0.15) is 0 Å². The van der Waals surface area contributed by atoms with Gasteiger partial charge in [0, 0.05) is 26.7 Å². The van der Waals surface area contributed by atoms with Crippen molar-refractivity contribution in [3.63, 3.8) is 0 Å². The van der Waals surface area contributed by atoms with Gasteiger partial charge in [0.15, 0.2) is 6.17 Å². The van der Waals surface area contributed by atoms with Crippen LogP contribution < -0.4 is 16.0 Å². The summed E-state index contributed by atoms with van der Waals surface area (Å²) >= 11 is 0. The number of nitrogens with one attached hydrogen (secondary N) is 3. The number of hydrogen-bond acceptors (Lipinski definition) is 3. The Kier molecular flexibility index (Phi) is 4.04. The lowest BCUT2D eigenvalue weighted by molar-refractivity contribution is 0.708. The molecule has 3 aliphatic rings. The van der Waals surface area contributed by atoms with Gasteiger partial charge in [0.1, 0.15) is 0 Å². The maximum atomic E-state index is 3.33. The van der Waals surface area contributed by atoms with E-state index in [0.29, 0.717) is 0 Å². The van der Waals surface area contributed by atoms with Gasteiger partial charge >= 0.3 is 0 Å². The fraction of sp³-hybridized carbons (Fsp3) is 0.357. The van der Waals surface area contributed by atoms with Crippen molar-refractivity contribution in [2.24, 2.45) is 0 Å². The Morgan fingerprint density at radius 1 is 1.18 bits per heavy atom. The molecule has 0 spiro atoms. The molecule has 17 heavy (non-hydrogen) atoms. The Morgan fingerprint density at radius 3 is 2.82 bits per heavy atom. The molecule has 3 nitrogen and oxygen atoms in total. The summed E-state index contributed by atoms with van der Waals surface area (Å²) in [6.07, 6.45) is 12.7. The first-order valence-corrected chi connectivity index (χ1v) is 6.33. The number of hydrogen-bond donors (Lipinski definition) is 3. The van der Waals surface area contributed by atoms with Crippen LogP contribution in [0.25, 0.3) is 0 Å². The van der Waals surface area contributed by atoms with Crippen molar-refractivity contribution in [3.8, 4) is 0 Å². The average molecular weight is 234 g/mol. The van der Waals surface area contributed by atoms with Crippen LogP contribution in [-0.4, -0.2) is 13.1 Å². The molecule has 3 heteroatoms. The Balaban J connectivity index is 0.000000776. The predicted molar refractivity (Wildman–Crippen MR) is 76.0 cm³/mol. The molecule has 0 aromatic rings. The highest BCUT2D eigenvalue weighted by Crippen LogP contribution is 2.32. The van der Waals surface area contributed by atoms with Crippen molar-refractivity contribution in [2.75, 3.05) is 13.1 Å². The van der Waals surface area contributed by atoms with E-state index in [9.17, 15) is 0 Å². The van der Waals surface area contributed by atoms with E-state index in [1.54, 1.807) is 0 Å². The number of rotatable bonds is 1. The van der Waals surface area contributed by atoms with Gasteiger partial charge in [-0.1, -0.05) is 26.0 Å². The molecule has 0 aliphatic carbocycles. The first-order valence-electron chi connectivity index (χ1n) is 6.33. The lowest BCUT2D eigenvalue weighted by Crippen LogP contribution is -2.27. The summed E-state index contributed by atoms with van der Waals surface area (Å²) in [7, 11) is 0. The van der Waals surface area contributed by atoms with E-state index in [-0.39, 0.29) is 2.85 Å². The molecule has 0 bridgehead atoms. The first-order chi connectivity index (χ1) is 8.45. The van der Waals surface area contributed by atoms with Gasteiger partial charge in [-0.25, -0.2) is 0 Å². The maximum absolute atomic E-state index is 3.33. The second-order valence-electron chi connectivity index (χ2n) is 3.84. The summed E-state index contributed by atoms with van der Waals surface area (Å²) in [5, 5.41) is 9.81. The SMILES string of the molecule is C1=CN[C]2NC=C(C3=CCNCC3)C2=C1.CC.[HH].[HH]. The van der Waals surface area contributed by atoms with Gasteiger partial charge in [-0.3, -0.25) is 0 Å². The van der Waals surface area contributed by atoms with Crippen molar-refractivity contribution < 1.29 is 2.85 Å². The van der Waals surface area contributed by atoms with Crippen LogP contribution in [0.5, 0.6) is 0 Å². The Morgan fingerprint density at radius 2 is 2.06 bits per heavy atom. The number of allylic oxidation sites excluding steroid dienone is 2. The predicted octanol–water partition coefficient (Wildman–Crippen LogP) is 2.44. The molecule has 0 aromatic heterocycles. The first kappa shape index (κ1) is 12.0. The molecule has 0 amide bonds. The lowest BCUT2D eigenvalue weighted by atomic mass is 9.94. The molecular formula is C14H24N3. The maximum Gasteiger partial charge on any atom is 0.182 e. The van der Waals surface area contributed by atoms with Crippen LogP contribution in [0.15, 0.2) is 47.3 Å². The standard InChI is InChI=1S/C12H14N3.C2H6.2H2/c1-2-10-11(8-15-12(10)14-5-1)9-3-6-13-7-4-9;1-2;;/h1-3,5,8,13-15H,4,6-7H2;1-2H3;2*1H. The Labute approximate surface area is 106 Å².